The van der Waals surface area contributed by atoms with E-state index in [1.54, 1.807) is 11.3 Å². The summed E-state index contributed by atoms with van der Waals surface area (Å²) in [5.74, 6) is 0.849. The molecule has 2 aliphatic rings. The molecule has 0 N–H and O–H groups in total. The quantitative estimate of drug-likeness (QED) is 0.520. The van der Waals surface area contributed by atoms with Gasteiger partial charge in [0.15, 0.2) is 0 Å². The Morgan fingerprint density at radius 3 is 2.16 bits per heavy atom. The summed E-state index contributed by atoms with van der Waals surface area (Å²) >= 11 is 1.58. The zero-order valence-electron chi connectivity index (χ0n) is 18.6. The third kappa shape index (κ3) is 5.85. The van der Waals surface area contributed by atoms with Crippen LogP contribution in [0.15, 0.2) is 48.5 Å². The van der Waals surface area contributed by atoms with E-state index < -0.39 is 0 Å². The highest BCUT2D eigenvalue weighted by atomic mass is 32.1. The summed E-state index contributed by atoms with van der Waals surface area (Å²) in [6.07, 6.45) is 1.08. The number of hydrogen-bond donors (Lipinski definition) is 0. The van der Waals surface area contributed by atoms with Gasteiger partial charge < -0.3 is 14.4 Å². The highest BCUT2D eigenvalue weighted by Crippen LogP contribution is 2.31. The van der Waals surface area contributed by atoms with Gasteiger partial charge in [-0.15, -0.1) is 0 Å². The molecule has 2 fully saturated rings. The van der Waals surface area contributed by atoms with Gasteiger partial charge in [0, 0.05) is 58.9 Å². The van der Waals surface area contributed by atoms with Gasteiger partial charge in [-0.2, -0.15) is 0 Å². The zero-order valence-corrected chi connectivity index (χ0v) is 19.4. The van der Waals surface area contributed by atoms with E-state index in [1.807, 2.05) is 18.2 Å². The molecule has 5 rings (SSSR count). The first-order valence-corrected chi connectivity index (χ1v) is 12.5. The number of fused-ring (bicyclic) bond motifs is 1. The van der Waals surface area contributed by atoms with Gasteiger partial charge in [-0.25, -0.2) is 4.98 Å². The maximum Gasteiger partial charge on any atom is 0.279 e. The van der Waals surface area contributed by atoms with E-state index in [0.717, 1.165) is 55.2 Å². The third-order valence-corrected chi connectivity index (χ3v) is 7.33. The van der Waals surface area contributed by atoms with Crippen molar-refractivity contribution in [1.29, 1.82) is 0 Å². The van der Waals surface area contributed by atoms with Crippen molar-refractivity contribution in [2.75, 3.05) is 72.1 Å². The van der Waals surface area contributed by atoms with Crippen LogP contribution >= 0.6 is 11.3 Å². The summed E-state index contributed by atoms with van der Waals surface area (Å²) in [6, 6.07) is 16.6. The molecule has 0 bridgehead atoms. The third-order valence-electron chi connectivity index (χ3n) is 6.42. The molecule has 3 heterocycles. The number of ether oxygens (including phenoxy) is 2. The molecule has 3 aromatic rings. The molecule has 0 amide bonds. The number of morpholine rings is 1. The van der Waals surface area contributed by atoms with Crippen LogP contribution in [0, 0.1) is 0 Å². The summed E-state index contributed by atoms with van der Waals surface area (Å²) in [5.41, 5.74) is 2.35. The molecular weight excluding hydrogens is 420 g/mol. The summed E-state index contributed by atoms with van der Waals surface area (Å²) in [5, 5.41) is 0.699. The van der Waals surface area contributed by atoms with Crippen LogP contribution in [0.25, 0.3) is 10.2 Å². The topological polar surface area (TPSA) is 41.1 Å². The molecule has 6 nitrogen and oxygen atoms in total. The number of para-hydroxylation sites is 1. The van der Waals surface area contributed by atoms with E-state index in [4.69, 9.17) is 9.47 Å². The average Bonchev–Trinajstić information content (AvgIpc) is 3.26. The predicted molar refractivity (Wildman–Crippen MR) is 130 cm³/mol. The molecule has 2 saturated heterocycles. The highest BCUT2D eigenvalue weighted by Gasteiger charge is 2.18. The van der Waals surface area contributed by atoms with Gasteiger partial charge in [-0.3, -0.25) is 9.80 Å². The van der Waals surface area contributed by atoms with Crippen molar-refractivity contribution in [3.05, 3.63) is 54.1 Å². The second kappa shape index (κ2) is 10.7. The molecule has 2 aliphatic heterocycles. The van der Waals surface area contributed by atoms with Crippen molar-refractivity contribution in [3.8, 4) is 10.9 Å². The molecule has 32 heavy (non-hydrogen) atoms. The summed E-state index contributed by atoms with van der Waals surface area (Å²) in [7, 11) is 0. The molecule has 0 saturated carbocycles. The minimum Gasteiger partial charge on any atom is -0.431 e. The zero-order chi connectivity index (χ0) is 21.6. The fourth-order valence-corrected chi connectivity index (χ4v) is 5.19. The van der Waals surface area contributed by atoms with E-state index in [-0.39, 0.29) is 0 Å². The SMILES string of the molecule is c1ccc2sc(Oc3ccc(CCN4CCN(CCN5CCOCC5)CC4)cc3)nc2c1. The van der Waals surface area contributed by atoms with Crippen molar-refractivity contribution >= 4 is 21.6 Å². The Kier molecular flexibility index (Phi) is 7.31. The van der Waals surface area contributed by atoms with Gasteiger partial charge in [0.2, 0.25) is 0 Å². The lowest BCUT2D eigenvalue weighted by Gasteiger charge is -2.36. The van der Waals surface area contributed by atoms with Gasteiger partial charge in [-0.05, 0) is 36.2 Å². The minimum absolute atomic E-state index is 0.699. The number of benzene rings is 2. The van der Waals surface area contributed by atoms with Gasteiger partial charge in [0.05, 0.1) is 23.4 Å². The number of thiazole rings is 1. The summed E-state index contributed by atoms with van der Waals surface area (Å²) < 4.78 is 12.6. The molecule has 0 atom stereocenters. The lowest BCUT2D eigenvalue weighted by molar-refractivity contribution is 0.0300. The first-order valence-electron chi connectivity index (χ1n) is 11.7. The molecule has 2 aromatic carbocycles. The number of rotatable bonds is 8. The van der Waals surface area contributed by atoms with Crippen LogP contribution in [-0.2, 0) is 11.2 Å². The molecular formula is C25H32N4O2S. The number of nitrogens with zero attached hydrogens (tertiary/aromatic N) is 4. The van der Waals surface area contributed by atoms with Crippen LogP contribution in [0.1, 0.15) is 5.56 Å². The van der Waals surface area contributed by atoms with Crippen LogP contribution in [0.2, 0.25) is 0 Å². The maximum absolute atomic E-state index is 5.97. The van der Waals surface area contributed by atoms with Crippen LogP contribution in [0.3, 0.4) is 0 Å². The van der Waals surface area contributed by atoms with Gasteiger partial charge in [0.1, 0.15) is 5.75 Å². The minimum atomic E-state index is 0.699. The van der Waals surface area contributed by atoms with Crippen LogP contribution in [0.4, 0.5) is 0 Å². The molecule has 7 heteroatoms. The Balaban J connectivity index is 1.03. The molecule has 170 valence electrons. The predicted octanol–water partition coefficient (Wildman–Crippen LogP) is 3.58. The number of aromatic nitrogens is 1. The Hall–Kier alpha value is -2.03. The molecule has 0 spiro atoms. The first-order chi connectivity index (χ1) is 15.8. The summed E-state index contributed by atoms with van der Waals surface area (Å²) in [4.78, 5) is 12.3. The Morgan fingerprint density at radius 2 is 1.44 bits per heavy atom. The fourth-order valence-electron chi connectivity index (χ4n) is 4.35. The Morgan fingerprint density at radius 1 is 0.781 bits per heavy atom. The normalized spacial score (nSPS) is 18.9. The monoisotopic (exact) mass is 452 g/mol. The molecule has 1 aromatic heterocycles. The van der Waals surface area contributed by atoms with Crippen molar-refractivity contribution in [1.82, 2.24) is 19.7 Å². The van der Waals surface area contributed by atoms with Gasteiger partial charge in [0.25, 0.3) is 5.19 Å². The lowest BCUT2D eigenvalue weighted by Crippen LogP contribution is -2.49. The maximum atomic E-state index is 5.97. The molecule has 0 radical (unpaired) electrons. The van der Waals surface area contributed by atoms with Crippen molar-refractivity contribution < 1.29 is 9.47 Å². The Labute approximate surface area is 194 Å². The average molecular weight is 453 g/mol. The van der Waals surface area contributed by atoms with E-state index in [2.05, 4.69) is 50.0 Å². The van der Waals surface area contributed by atoms with Crippen LogP contribution in [-0.4, -0.2) is 91.8 Å². The number of piperazine rings is 1. The van der Waals surface area contributed by atoms with Crippen LogP contribution < -0.4 is 4.74 Å². The second-order valence-corrected chi connectivity index (χ2v) is 9.57. The molecule has 0 unspecified atom stereocenters. The second-order valence-electron chi connectivity index (χ2n) is 8.58. The van der Waals surface area contributed by atoms with E-state index in [1.165, 1.54) is 44.8 Å². The van der Waals surface area contributed by atoms with Crippen molar-refractivity contribution in [2.24, 2.45) is 0 Å². The van der Waals surface area contributed by atoms with Crippen LogP contribution in [0.5, 0.6) is 10.9 Å². The lowest BCUT2D eigenvalue weighted by atomic mass is 10.1. The van der Waals surface area contributed by atoms with E-state index in [0.29, 0.717) is 5.19 Å². The summed E-state index contributed by atoms with van der Waals surface area (Å²) in [6.45, 7) is 12.1. The fraction of sp³-hybridized carbons (Fsp3) is 0.480. The smallest absolute Gasteiger partial charge is 0.279 e. The largest absolute Gasteiger partial charge is 0.431 e. The highest BCUT2D eigenvalue weighted by molar-refractivity contribution is 7.20. The van der Waals surface area contributed by atoms with Crippen molar-refractivity contribution in [3.63, 3.8) is 0 Å². The molecule has 0 aliphatic carbocycles. The Bertz CT molecular complexity index is 946. The van der Waals surface area contributed by atoms with Gasteiger partial charge >= 0.3 is 0 Å². The van der Waals surface area contributed by atoms with E-state index >= 15 is 0 Å². The van der Waals surface area contributed by atoms with Gasteiger partial charge in [-0.1, -0.05) is 35.6 Å². The first kappa shape index (κ1) is 21.8. The standard InChI is InChI=1S/C25H32N4O2S/c1-2-4-24-23(3-1)26-25(32-24)31-22-7-5-21(6-8-22)9-10-27-11-13-28(14-12-27)15-16-29-17-19-30-20-18-29/h1-8H,9-20H2. The van der Waals surface area contributed by atoms with E-state index in [9.17, 15) is 0 Å². The number of hydrogen-bond acceptors (Lipinski definition) is 7. The van der Waals surface area contributed by atoms with Crippen molar-refractivity contribution in [2.45, 2.75) is 6.42 Å².